The number of unbranched alkanes of at least 4 members (excludes halogenated alkanes) is 21. The van der Waals surface area contributed by atoms with Crippen LogP contribution >= 0.6 is 0 Å². The van der Waals surface area contributed by atoms with Crippen molar-refractivity contribution >= 4 is 23.9 Å². The molecule has 1 heterocycles. The fourth-order valence-electron chi connectivity index (χ4n) is 8.63. The Hall–Kier alpha value is -4.36. The lowest BCUT2D eigenvalue weighted by atomic mass is 9.98. The molecule has 0 aromatic heterocycles. The van der Waals surface area contributed by atoms with Gasteiger partial charge in [-0.25, -0.2) is 4.79 Å². The average Bonchev–Trinajstić information content (AvgIpc) is 3.42. The first-order valence-corrected chi connectivity index (χ1v) is 30.2. The molecule has 77 heavy (non-hydrogen) atoms. The van der Waals surface area contributed by atoms with E-state index in [-0.39, 0.29) is 25.9 Å². The Morgan fingerprint density at radius 2 is 0.857 bits per heavy atom. The van der Waals surface area contributed by atoms with Gasteiger partial charge >= 0.3 is 23.9 Å². The van der Waals surface area contributed by atoms with Gasteiger partial charge in [-0.3, -0.25) is 14.4 Å². The second-order valence-corrected chi connectivity index (χ2v) is 20.2. The van der Waals surface area contributed by atoms with Crippen molar-refractivity contribution in [2.24, 2.45) is 0 Å². The van der Waals surface area contributed by atoms with Gasteiger partial charge in [0.15, 0.2) is 24.6 Å². The molecule has 1 rings (SSSR count). The summed E-state index contributed by atoms with van der Waals surface area (Å²) in [6.45, 7) is 5.66. The second kappa shape index (κ2) is 52.3. The van der Waals surface area contributed by atoms with Crippen LogP contribution in [0, 0.1) is 0 Å². The van der Waals surface area contributed by atoms with Crippen molar-refractivity contribution in [2.75, 3.05) is 13.2 Å². The van der Waals surface area contributed by atoms with Gasteiger partial charge < -0.3 is 39.0 Å². The third kappa shape index (κ3) is 42.3. The van der Waals surface area contributed by atoms with Crippen molar-refractivity contribution < 1.29 is 58.2 Å². The van der Waals surface area contributed by atoms with Crippen molar-refractivity contribution in [1.82, 2.24) is 0 Å². The Bertz CT molecular complexity index is 1710. The number of carbonyl (C=O) groups excluding carboxylic acids is 3. The van der Waals surface area contributed by atoms with E-state index in [1.54, 1.807) is 6.08 Å². The molecular weight excluding hydrogens is 973 g/mol. The molecule has 1 aliphatic heterocycles. The van der Waals surface area contributed by atoms with E-state index in [0.29, 0.717) is 19.3 Å². The second-order valence-electron chi connectivity index (χ2n) is 20.2. The number of carbonyl (C=O) groups is 4. The maximum Gasteiger partial charge on any atom is 0.335 e. The molecular formula is C65H106O12. The molecule has 0 radical (unpaired) electrons. The summed E-state index contributed by atoms with van der Waals surface area (Å²) in [5, 5.41) is 31.5. The van der Waals surface area contributed by atoms with Crippen molar-refractivity contribution in [3.8, 4) is 0 Å². The fraction of sp³-hybridized carbons (Fsp3) is 0.692. The highest BCUT2D eigenvalue weighted by atomic mass is 16.7. The minimum absolute atomic E-state index is 0.0241. The quantitative estimate of drug-likeness (QED) is 0.0228. The van der Waals surface area contributed by atoms with Crippen LogP contribution in [0.25, 0.3) is 0 Å². The zero-order valence-corrected chi connectivity index (χ0v) is 48.2. The maximum absolute atomic E-state index is 13.1. The lowest BCUT2D eigenvalue weighted by molar-refractivity contribution is -0.301. The van der Waals surface area contributed by atoms with Crippen LogP contribution in [0.4, 0.5) is 0 Å². The van der Waals surface area contributed by atoms with Crippen LogP contribution in [0.15, 0.2) is 97.2 Å². The molecule has 1 aliphatic rings. The van der Waals surface area contributed by atoms with Gasteiger partial charge in [0, 0.05) is 12.8 Å². The molecule has 0 spiro atoms. The first kappa shape index (κ1) is 70.7. The highest BCUT2D eigenvalue weighted by Gasteiger charge is 2.50. The summed E-state index contributed by atoms with van der Waals surface area (Å²) in [7, 11) is 0. The number of carboxylic acid groups (broad SMARTS) is 1. The van der Waals surface area contributed by atoms with Crippen molar-refractivity contribution in [3.63, 3.8) is 0 Å². The van der Waals surface area contributed by atoms with E-state index in [4.69, 9.17) is 23.7 Å². The monoisotopic (exact) mass is 1080 g/mol. The van der Waals surface area contributed by atoms with E-state index >= 15 is 0 Å². The Balaban J connectivity index is 2.71. The average molecular weight is 1080 g/mol. The van der Waals surface area contributed by atoms with E-state index in [9.17, 15) is 34.5 Å². The van der Waals surface area contributed by atoms with Crippen molar-refractivity contribution in [3.05, 3.63) is 97.2 Å². The SMILES string of the molecule is CC/C=C\C/C=C\C/C=C\C/C=C\C/C=C\CC(=O)OCC(COC1OC(C(=O)O)C(O)C(O)C1OC(=O)CCCCCCCCCCCCCCCCCCCCC)OC(=O)CCCCC/C=C\C/C=C\C/C=C\CC. The van der Waals surface area contributed by atoms with E-state index in [1.807, 2.05) is 12.2 Å². The molecule has 1 fully saturated rings. The lowest BCUT2D eigenvalue weighted by Crippen LogP contribution is -2.61. The molecule has 12 heteroatoms. The van der Waals surface area contributed by atoms with Gasteiger partial charge in [0.2, 0.25) is 0 Å². The van der Waals surface area contributed by atoms with Gasteiger partial charge in [0.25, 0.3) is 0 Å². The largest absolute Gasteiger partial charge is 0.479 e. The minimum Gasteiger partial charge on any atom is -0.479 e. The molecule has 6 atom stereocenters. The Labute approximate surface area is 466 Å². The first-order valence-electron chi connectivity index (χ1n) is 30.2. The lowest BCUT2D eigenvalue weighted by Gasteiger charge is -2.40. The van der Waals surface area contributed by atoms with Crippen LogP contribution in [0.5, 0.6) is 0 Å². The highest BCUT2D eigenvalue weighted by Crippen LogP contribution is 2.26. The molecule has 0 aromatic carbocycles. The normalized spacial score (nSPS) is 18.7. The molecule has 0 aromatic rings. The number of esters is 3. The van der Waals surface area contributed by atoms with Gasteiger partial charge in [-0.05, 0) is 77.0 Å². The van der Waals surface area contributed by atoms with Crippen LogP contribution < -0.4 is 0 Å². The zero-order chi connectivity index (χ0) is 56.1. The Morgan fingerprint density at radius 1 is 0.455 bits per heavy atom. The molecule has 438 valence electrons. The third-order valence-electron chi connectivity index (χ3n) is 13.2. The van der Waals surface area contributed by atoms with Crippen LogP contribution in [0.3, 0.4) is 0 Å². The number of aliphatic hydroxyl groups excluding tert-OH is 2. The first-order chi connectivity index (χ1) is 37.6. The summed E-state index contributed by atoms with van der Waals surface area (Å²) in [5.74, 6) is -3.33. The van der Waals surface area contributed by atoms with Crippen molar-refractivity contribution in [1.29, 1.82) is 0 Å². The smallest absolute Gasteiger partial charge is 0.335 e. The molecule has 12 nitrogen and oxygen atoms in total. The van der Waals surface area contributed by atoms with Gasteiger partial charge in [-0.2, -0.15) is 0 Å². The zero-order valence-electron chi connectivity index (χ0n) is 48.2. The maximum atomic E-state index is 13.1. The summed E-state index contributed by atoms with van der Waals surface area (Å²) >= 11 is 0. The standard InChI is InChI=1S/C65H106O12/c1-4-7-10-13-16-19-22-25-27-28-29-30-32-35-38-41-44-47-50-53-59(68)76-63-61(70)60(69)62(64(71)72)77-65(63)74-55-56(75-58(67)52-49-46-43-40-37-33-24-21-18-15-12-9-6-3)54-73-57(66)51-48-45-42-39-36-34-31-26-23-20-17-14-11-8-5-2/h8-9,11-12,17-18,20-21,26,31,33,36-37,39,45,48,56,60-63,65,69-70H,4-7,10,13-16,19,22-25,27-30,32,34-35,38,40-44,46-47,49-55H2,1-3H3,(H,71,72)/b11-8-,12-9-,20-17-,21-18-,31-26-,37-33-,39-36-,48-45-. The molecule has 6 unspecified atom stereocenters. The summed E-state index contributed by atoms with van der Waals surface area (Å²) < 4.78 is 28.3. The van der Waals surface area contributed by atoms with Crippen molar-refractivity contribution in [2.45, 2.75) is 276 Å². The molecule has 0 bridgehead atoms. The summed E-state index contributed by atoms with van der Waals surface area (Å²) in [5.41, 5.74) is 0. The number of aliphatic carboxylic acids is 1. The van der Waals surface area contributed by atoms with E-state index < -0.39 is 67.3 Å². The number of hydrogen-bond acceptors (Lipinski definition) is 11. The van der Waals surface area contributed by atoms with Crippen LogP contribution in [0.1, 0.15) is 239 Å². The summed E-state index contributed by atoms with van der Waals surface area (Å²) in [6.07, 6.45) is 57.0. The van der Waals surface area contributed by atoms with Crippen LogP contribution in [0.2, 0.25) is 0 Å². The van der Waals surface area contributed by atoms with Gasteiger partial charge in [0.1, 0.15) is 18.8 Å². The minimum atomic E-state index is -1.92. The molecule has 3 N–H and O–H groups in total. The Morgan fingerprint density at radius 3 is 1.31 bits per heavy atom. The Kier molecular flexibility index (Phi) is 48.0. The molecule has 0 amide bonds. The topological polar surface area (TPSA) is 175 Å². The van der Waals surface area contributed by atoms with Gasteiger partial charge in [0.05, 0.1) is 13.0 Å². The fourth-order valence-corrected chi connectivity index (χ4v) is 8.63. The predicted octanol–water partition coefficient (Wildman–Crippen LogP) is 15.7. The molecule has 0 saturated carbocycles. The van der Waals surface area contributed by atoms with E-state index in [2.05, 4.69) is 99.8 Å². The predicted molar refractivity (Wildman–Crippen MR) is 312 cm³/mol. The van der Waals surface area contributed by atoms with Gasteiger partial charge in [-0.1, -0.05) is 240 Å². The number of carboxylic acids is 1. The third-order valence-corrected chi connectivity index (χ3v) is 13.2. The van der Waals surface area contributed by atoms with Gasteiger partial charge in [-0.15, -0.1) is 0 Å². The highest BCUT2D eigenvalue weighted by molar-refractivity contribution is 5.74. The van der Waals surface area contributed by atoms with E-state index in [0.717, 1.165) is 89.9 Å². The number of allylic oxidation sites excluding steroid dienone is 15. The number of hydrogen-bond donors (Lipinski definition) is 3. The number of aliphatic hydroxyl groups is 2. The summed E-state index contributed by atoms with van der Waals surface area (Å²) in [6, 6.07) is 0. The van der Waals surface area contributed by atoms with E-state index in [1.165, 1.54) is 89.9 Å². The number of rotatable bonds is 50. The summed E-state index contributed by atoms with van der Waals surface area (Å²) in [4.78, 5) is 51.1. The van der Waals surface area contributed by atoms with Crippen LogP contribution in [-0.2, 0) is 42.9 Å². The number of ether oxygens (including phenoxy) is 5. The molecule has 0 aliphatic carbocycles. The molecule has 1 saturated heterocycles. The van der Waals surface area contributed by atoms with Crippen LogP contribution in [-0.4, -0.2) is 89.2 Å².